The van der Waals surface area contributed by atoms with Crippen LogP contribution < -0.4 is 5.73 Å². The van der Waals surface area contributed by atoms with Gasteiger partial charge in [0.1, 0.15) is 0 Å². The summed E-state index contributed by atoms with van der Waals surface area (Å²) in [6.07, 6.45) is 1.96. The number of morpholine rings is 1. The third-order valence-corrected chi connectivity index (χ3v) is 3.32. The van der Waals surface area contributed by atoms with Crippen molar-refractivity contribution in [2.24, 2.45) is 5.73 Å². The maximum Gasteiger partial charge on any atom is 0.235 e. The lowest BCUT2D eigenvalue weighted by Gasteiger charge is -2.33. The second-order valence-corrected chi connectivity index (χ2v) is 4.57. The summed E-state index contributed by atoms with van der Waals surface area (Å²) in [6, 6.07) is 0. The van der Waals surface area contributed by atoms with Crippen molar-refractivity contribution in [3.05, 3.63) is 0 Å². The van der Waals surface area contributed by atoms with Gasteiger partial charge in [-0.1, -0.05) is 0 Å². The van der Waals surface area contributed by atoms with Crippen LogP contribution in [0.5, 0.6) is 0 Å². The third kappa shape index (κ3) is 2.87. The number of ether oxygens (including phenoxy) is 1. The highest BCUT2D eigenvalue weighted by atomic mass is 32.2. The van der Waals surface area contributed by atoms with Crippen LogP contribution in [-0.2, 0) is 9.53 Å². The van der Waals surface area contributed by atoms with Gasteiger partial charge in [-0.3, -0.25) is 4.79 Å². The van der Waals surface area contributed by atoms with E-state index in [0.29, 0.717) is 26.2 Å². The average Bonchev–Trinajstić information content (AvgIpc) is 2.27. The highest BCUT2D eigenvalue weighted by Crippen LogP contribution is 2.12. The molecular weight excluding hydrogens is 200 g/mol. The number of carbonyl (C=O) groups is 1. The maximum absolute atomic E-state index is 11.8. The second kappa shape index (κ2) is 5.58. The Hall–Kier alpha value is -0.260. The summed E-state index contributed by atoms with van der Waals surface area (Å²) in [5, 5.41) is 0.0338. The van der Waals surface area contributed by atoms with Gasteiger partial charge in [0.05, 0.1) is 18.0 Å². The zero-order valence-corrected chi connectivity index (χ0v) is 9.55. The highest BCUT2D eigenvalue weighted by Gasteiger charge is 2.25. The van der Waals surface area contributed by atoms with Gasteiger partial charge in [-0.2, -0.15) is 11.8 Å². The van der Waals surface area contributed by atoms with Crippen LogP contribution in [0.1, 0.15) is 6.92 Å². The molecule has 2 atom stereocenters. The van der Waals surface area contributed by atoms with Crippen molar-refractivity contribution >= 4 is 17.7 Å². The van der Waals surface area contributed by atoms with Crippen molar-refractivity contribution in [1.82, 2.24) is 4.90 Å². The van der Waals surface area contributed by atoms with E-state index < -0.39 is 0 Å². The molecule has 2 N–H and O–H groups in total. The lowest BCUT2D eigenvalue weighted by molar-refractivity contribution is -0.137. The quantitative estimate of drug-likeness (QED) is 0.720. The van der Waals surface area contributed by atoms with Gasteiger partial charge in [-0.25, -0.2) is 0 Å². The molecule has 1 heterocycles. The second-order valence-electron chi connectivity index (χ2n) is 3.39. The van der Waals surface area contributed by atoms with Gasteiger partial charge in [0, 0.05) is 19.6 Å². The number of nitrogens with zero attached hydrogens (tertiary/aromatic N) is 1. The van der Waals surface area contributed by atoms with Crippen molar-refractivity contribution in [3.8, 4) is 0 Å². The monoisotopic (exact) mass is 218 g/mol. The minimum absolute atomic E-state index is 0.0155. The molecular formula is C9H18N2O2S. The number of hydrogen-bond donors (Lipinski definition) is 1. The molecule has 0 radical (unpaired) electrons. The lowest BCUT2D eigenvalue weighted by atomic mass is 10.2. The Kier molecular flexibility index (Phi) is 4.71. The van der Waals surface area contributed by atoms with Crippen LogP contribution in [0, 0.1) is 0 Å². The number of thioether (sulfide) groups is 1. The molecule has 1 fully saturated rings. The number of carbonyl (C=O) groups excluding carboxylic acids is 1. The van der Waals surface area contributed by atoms with E-state index in [1.165, 1.54) is 0 Å². The molecule has 5 heteroatoms. The van der Waals surface area contributed by atoms with Gasteiger partial charge in [0.25, 0.3) is 0 Å². The van der Waals surface area contributed by atoms with Crippen LogP contribution in [0.4, 0.5) is 0 Å². The van der Waals surface area contributed by atoms with E-state index in [4.69, 9.17) is 10.5 Å². The molecule has 0 aliphatic carbocycles. The fourth-order valence-corrected chi connectivity index (χ4v) is 1.77. The Bertz CT molecular complexity index is 201. The van der Waals surface area contributed by atoms with E-state index in [9.17, 15) is 4.79 Å². The Balaban J connectivity index is 2.47. The largest absolute Gasteiger partial charge is 0.373 e. The molecule has 82 valence electrons. The number of rotatable bonds is 3. The van der Waals surface area contributed by atoms with E-state index in [1.807, 2.05) is 18.1 Å². The highest BCUT2D eigenvalue weighted by molar-refractivity contribution is 7.99. The van der Waals surface area contributed by atoms with Gasteiger partial charge in [0.2, 0.25) is 5.91 Å². The van der Waals surface area contributed by atoms with Gasteiger partial charge < -0.3 is 15.4 Å². The molecule has 1 rings (SSSR count). The first-order valence-electron chi connectivity index (χ1n) is 4.82. The van der Waals surface area contributed by atoms with E-state index >= 15 is 0 Å². The molecule has 0 spiro atoms. The molecule has 1 saturated heterocycles. The molecule has 1 aliphatic rings. The zero-order valence-electron chi connectivity index (χ0n) is 8.73. The summed E-state index contributed by atoms with van der Waals surface area (Å²) in [7, 11) is 0. The Morgan fingerprint density at radius 3 is 3.07 bits per heavy atom. The predicted molar refractivity (Wildman–Crippen MR) is 58.4 cm³/mol. The van der Waals surface area contributed by atoms with E-state index in [2.05, 4.69) is 0 Å². The van der Waals surface area contributed by atoms with Gasteiger partial charge >= 0.3 is 0 Å². The van der Waals surface area contributed by atoms with Crippen LogP contribution in [0.25, 0.3) is 0 Å². The van der Waals surface area contributed by atoms with Crippen molar-refractivity contribution in [1.29, 1.82) is 0 Å². The minimum Gasteiger partial charge on any atom is -0.373 e. The summed E-state index contributed by atoms with van der Waals surface area (Å²) >= 11 is 1.57. The lowest BCUT2D eigenvalue weighted by Crippen LogP contribution is -2.50. The molecule has 0 aromatic carbocycles. The van der Waals surface area contributed by atoms with E-state index in [1.54, 1.807) is 11.8 Å². The van der Waals surface area contributed by atoms with Crippen molar-refractivity contribution in [3.63, 3.8) is 0 Å². The molecule has 1 amide bonds. The Labute approximate surface area is 89.2 Å². The predicted octanol–water partition coefficient (Wildman–Crippen LogP) is -0.0760. The molecule has 0 bridgehead atoms. The van der Waals surface area contributed by atoms with Crippen molar-refractivity contribution in [2.45, 2.75) is 18.3 Å². The molecule has 0 aromatic rings. The molecule has 4 nitrogen and oxygen atoms in total. The fourth-order valence-electron chi connectivity index (χ4n) is 1.42. The number of nitrogens with two attached hydrogens (primary N) is 1. The van der Waals surface area contributed by atoms with Gasteiger partial charge in [0.15, 0.2) is 0 Å². The molecule has 2 unspecified atom stereocenters. The summed E-state index contributed by atoms with van der Waals surface area (Å²) in [5.74, 6) is 0.194. The number of hydrogen-bond acceptors (Lipinski definition) is 4. The topological polar surface area (TPSA) is 55.6 Å². The minimum atomic E-state index is 0.0155. The Morgan fingerprint density at radius 1 is 1.79 bits per heavy atom. The zero-order chi connectivity index (χ0) is 10.6. The van der Waals surface area contributed by atoms with Crippen LogP contribution in [0.3, 0.4) is 0 Å². The Morgan fingerprint density at radius 2 is 2.50 bits per heavy atom. The average molecular weight is 218 g/mol. The van der Waals surface area contributed by atoms with Gasteiger partial charge in [-0.05, 0) is 13.2 Å². The SMILES string of the molecule is CSC(C)C(=O)N1CCOC(CN)C1. The normalized spacial score (nSPS) is 24.8. The fraction of sp³-hybridized carbons (Fsp3) is 0.889. The van der Waals surface area contributed by atoms with E-state index in [-0.39, 0.29) is 17.3 Å². The first kappa shape index (κ1) is 11.8. The molecule has 0 aromatic heterocycles. The molecule has 0 saturated carbocycles. The summed E-state index contributed by atoms with van der Waals surface area (Å²) in [5.41, 5.74) is 5.51. The smallest absolute Gasteiger partial charge is 0.235 e. The van der Waals surface area contributed by atoms with Crippen molar-refractivity contribution in [2.75, 3.05) is 32.5 Å². The first-order valence-corrected chi connectivity index (χ1v) is 6.11. The first-order chi connectivity index (χ1) is 6.69. The number of amides is 1. The molecule has 14 heavy (non-hydrogen) atoms. The van der Waals surface area contributed by atoms with Crippen molar-refractivity contribution < 1.29 is 9.53 Å². The third-order valence-electron chi connectivity index (χ3n) is 2.41. The summed E-state index contributed by atoms with van der Waals surface area (Å²) in [4.78, 5) is 13.6. The van der Waals surface area contributed by atoms with Crippen LogP contribution >= 0.6 is 11.8 Å². The van der Waals surface area contributed by atoms with Crippen LogP contribution in [-0.4, -0.2) is 54.7 Å². The standard InChI is InChI=1S/C9H18N2O2S/c1-7(14-2)9(12)11-3-4-13-8(5-10)6-11/h7-8H,3-6,10H2,1-2H3. The molecule has 1 aliphatic heterocycles. The van der Waals surface area contributed by atoms with Crippen LogP contribution in [0.15, 0.2) is 0 Å². The van der Waals surface area contributed by atoms with E-state index in [0.717, 1.165) is 0 Å². The maximum atomic E-state index is 11.8. The summed E-state index contributed by atoms with van der Waals surface area (Å²) in [6.45, 7) is 4.35. The van der Waals surface area contributed by atoms with Crippen LogP contribution in [0.2, 0.25) is 0 Å². The summed E-state index contributed by atoms with van der Waals surface area (Å²) < 4.78 is 5.40. The van der Waals surface area contributed by atoms with Gasteiger partial charge in [-0.15, -0.1) is 0 Å².